The van der Waals surface area contributed by atoms with Gasteiger partial charge in [-0.3, -0.25) is 4.79 Å². The van der Waals surface area contributed by atoms with Crippen LogP contribution in [0.2, 0.25) is 0 Å². The molecule has 0 bridgehead atoms. The predicted molar refractivity (Wildman–Crippen MR) is 79.5 cm³/mol. The van der Waals surface area contributed by atoms with Crippen LogP contribution in [0.25, 0.3) is 21.5 Å². The summed E-state index contributed by atoms with van der Waals surface area (Å²) in [6, 6.07) is 18.2. The van der Waals surface area contributed by atoms with Gasteiger partial charge in [0.2, 0.25) is 0 Å². The predicted octanol–water partition coefficient (Wildman–Crippen LogP) is 3.69. The zero-order chi connectivity index (χ0) is 13.4. The summed E-state index contributed by atoms with van der Waals surface area (Å²) < 4.78 is 0. The number of hydrogen-bond donors (Lipinski definition) is 0. The lowest BCUT2D eigenvalue weighted by Crippen LogP contribution is -2.21. The number of amides is 1. The Balaban J connectivity index is 2.45. The smallest absolute Gasteiger partial charge is 0.253 e. The maximum atomic E-state index is 12.3. The minimum Gasteiger partial charge on any atom is -0.345 e. The minimum absolute atomic E-state index is 0.0435. The average Bonchev–Trinajstić information content (AvgIpc) is 2.45. The molecule has 0 fully saturated rings. The van der Waals surface area contributed by atoms with Gasteiger partial charge in [0.05, 0.1) is 0 Å². The van der Waals surface area contributed by atoms with Crippen LogP contribution in [0.5, 0.6) is 0 Å². The lowest BCUT2D eigenvalue weighted by atomic mass is 9.97. The van der Waals surface area contributed by atoms with Crippen LogP contribution in [0.1, 0.15) is 10.4 Å². The first kappa shape index (κ1) is 11.7. The standard InChI is InChI=1S/C17H15NO/c1-18(2)17(19)15-9-5-7-13-11-10-12-6-3-4-8-14(12)16(13)15/h3-11H,1-2H3. The van der Waals surface area contributed by atoms with E-state index in [2.05, 4.69) is 24.3 Å². The van der Waals surface area contributed by atoms with Crippen LogP contribution in [-0.4, -0.2) is 24.9 Å². The van der Waals surface area contributed by atoms with Gasteiger partial charge >= 0.3 is 0 Å². The van der Waals surface area contributed by atoms with Gasteiger partial charge in [-0.2, -0.15) is 0 Å². The van der Waals surface area contributed by atoms with Gasteiger partial charge in [-0.1, -0.05) is 48.5 Å². The van der Waals surface area contributed by atoms with E-state index in [1.165, 1.54) is 0 Å². The molecule has 2 heteroatoms. The van der Waals surface area contributed by atoms with Crippen molar-refractivity contribution in [3.63, 3.8) is 0 Å². The van der Waals surface area contributed by atoms with E-state index in [1.54, 1.807) is 19.0 Å². The van der Waals surface area contributed by atoms with E-state index in [-0.39, 0.29) is 5.91 Å². The van der Waals surface area contributed by atoms with E-state index >= 15 is 0 Å². The van der Waals surface area contributed by atoms with E-state index < -0.39 is 0 Å². The molecule has 0 aliphatic heterocycles. The van der Waals surface area contributed by atoms with E-state index in [9.17, 15) is 4.79 Å². The second-order valence-electron chi connectivity index (χ2n) is 4.89. The molecule has 2 nitrogen and oxygen atoms in total. The van der Waals surface area contributed by atoms with Crippen LogP contribution in [0.15, 0.2) is 54.6 Å². The van der Waals surface area contributed by atoms with Crippen molar-refractivity contribution in [2.24, 2.45) is 0 Å². The highest BCUT2D eigenvalue weighted by atomic mass is 16.2. The third-order valence-electron chi connectivity index (χ3n) is 3.41. The molecule has 0 aliphatic carbocycles. The normalized spacial score (nSPS) is 10.8. The molecule has 0 N–H and O–H groups in total. The molecule has 0 spiro atoms. The molecular formula is C17H15NO. The van der Waals surface area contributed by atoms with Gasteiger partial charge in [0, 0.05) is 25.0 Å². The van der Waals surface area contributed by atoms with Crippen molar-refractivity contribution < 1.29 is 4.79 Å². The monoisotopic (exact) mass is 249 g/mol. The molecule has 0 unspecified atom stereocenters. The van der Waals surface area contributed by atoms with Crippen molar-refractivity contribution in [1.82, 2.24) is 4.90 Å². The van der Waals surface area contributed by atoms with Crippen LogP contribution in [0.4, 0.5) is 0 Å². The first-order valence-electron chi connectivity index (χ1n) is 6.30. The number of rotatable bonds is 1. The summed E-state index contributed by atoms with van der Waals surface area (Å²) in [5.74, 6) is 0.0435. The van der Waals surface area contributed by atoms with Gasteiger partial charge < -0.3 is 4.90 Å². The number of nitrogens with zero attached hydrogens (tertiary/aromatic N) is 1. The summed E-state index contributed by atoms with van der Waals surface area (Å²) in [5.41, 5.74) is 0.763. The van der Waals surface area contributed by atoms with Crippen molar-refractivity contribution in [3.05, 3.63) is 60.2 Å². The van der Waals surface area contributed by atoms with Gasteiger partial charge in [0.25, 0.3) is 5.91 Å². The van der Waals surface area contributed by atoms with Gasteiger partial charge in [-0.15, -0.1) is 0 Å². The molecular weight excluding hydrogens is 234 g/mol. The van der Waals surface area contributed by atoms with E-state index in [4.69, 9.17) is 0 Å². The third-order valence-corrected chi connectivity index (χ3v) is 3.41. The van der Waals surface area contributed by atoms with Gasteiger partial charge in [0.1, 0.15) is 0 Å². The Morgan fingerprint density at radius 3 is 2.32 bits per heavy atom. The average molecular weight is 249 g/mol. The lowest BCUT2D eigenvalue weighted by molar-refractivity contribution is 0.0829. The van der Waals surface area contributed by atoms with Gasteiger partial charge in [0.15, 0.2) is 0 Å². The first-order chi connectivity index (χ1) is 9.18. The Morgan fingerprint density at radius 1 is 0.842 bits per heavy atom. The Morgan fingerprint density at radius 2 is 1.53 bits per heavy atom. The molecule has 3 aromatic rings. The zero-order valence-corrected chi connectivity index (χ0v) is 11.1. The molecule has 1 amide bonds. The maximum Gasteiger partial charge on any atom is 0.253 e. The second kappa shape index (κ2) is 4.39. The van der Waals surface area contributed by atoms with Crippen LogP contribution in [0, 0.1) is 0 Å². The topological polar surface area (TPSA) is 20.3 Å². The fraction of sp³-hybridized carbons (Fsp3) is 0.118. The highest BCUT2D eigenvalue weighted by Gasteiger charge is 2.13. The zero-order valence-electron chi connectivity index (χ0n) is 11.1. The summed E-state index contributed by atoms with van der Waals surface area (Å²) in [6.07, 6.45) is 0. The van der Waals surface area contributed by atoms with Crippen molar-refractivity contribution in [3.8, 4) is 0 Å². The quantitative estimate of drug-likeness (QED) is 0.602. The molecule has 94 valence electrons. The molecule has 0 aromatic heterocycles. The van der Waals surface area contributed by atoms with Gasteiger partial charge in [-0.25, -0.2) is 0 Å². The number of benzene rings is 3. The van der Waals surface area contributed by atoms with Crippen molar-refractivity contribution >= 4 is 27.5 Å². The summed E-state index contributed by atoms with van der Waals surface area (Å²) >= 11 is 0. The second-order valence-corrected chi connectivity index (χ2v) is 4.89. The summed E-state index contributed by atoms with van der Waals surface area (Å²) in [6.45, 7) is 0. The van der Waals surface area contributed by atoms with E-state index in [1.807, 2.05) is 30.3 Å². The largest absolute Gasteiger partial charge is 0.345 e. The molecule has 3 aromatic carbocycles. The minimum atomic E-state index is 0.0435. The number of carbonyl (C=O) groups is 1. The number of carbonyl (C=O) groups excluding carboxylic acids is 1. The summed E-state index contributed by atoms with van der Waals surface area (Å²) in [5, 5.41) is 4.44. The van der Waals surface area contributed by atoms with Crippen molar-refractivity contribution in [2.45, 2.75) is 0 Å². The molecule has 0 heterocycles. The molecule has 0 aliphatic rings. The highest BCUT2D eigenvalue weighted by molar-refractivity contribution is 6.17. The number of hydrogen-bond acceptors (Lipinski definition) is 1. The van der Waals surface area contributed by atoms with Gasteiger partial charge in [-0.05, 0) is 22.2 Å². The molecule has 0 saturated carbocycles. The summed E-state index contributed by atoms with van der Waals surface area (Å²) in [4.78, 5) is 13.9. The van der Waals surface area contributed by atoms with Crippen LogP contribution in [-0.2, 0) is 0 Å². The van der Waals surface area contributed by atoms with Crippen LogP contribution >= 0.6 is 0 Å². The SMILES string of the molecule is CN(C)C(=O)c1cccc2ccc3ccccc3c12. The molecule has 0 atom stereocenters. The van der Waals surface area contributed by atoms with E-state index in [0.717, 1.165) is 27.1 Å². The Kier molecular flexibility index (Phi) is 2.71. The Bertz CT molecular complexity index is 774. The molecule has 0 saturated heterocycles. The van der Waals surface area contributed by atoms with E-state index in [0.29, 0.717) is 0 Å². The maximum absolute atomic E-state index is 12.3. The Labute approximate surface area is 112 Å². The summed E-state index contributed by atoms with van der Waals surface area (Å²) in [7, 11) is 3.57. The third kappa shape index (κ3) is 1.85. The van der Waals surface area contributed by atoms with Crippen molar-refractivity contribution in [2.75, 3.05) is 14.1 Å². The molecule has 3 rings (SSSR count). The van der Waals surface area contributed by atoms with Crippen molar-refractivity contribution in [1.29, 1.82) is 0 Å². The molecule has 0 radical (unpaired) electrons. The van der Waals surface area contributed by atoms with Crippen LogP contribution in [0.3, 0.4) is 0 Å². The lowest BCUT2D eigenvalue weighted by Gasteiger charge is -2.14. The Hall–Kier alpha value is -2.35. The molecule has 19 heavy (non-hydrogen) atoms. The van der Waals surface area contributed by atoms with Crippen LogP contribution < -0.4 is 0 Å². The fourth-order valence-electron chi connectivity index (χ4n) is 2.48. The number of fused-ring (bicyclic) bond motifs is 3. The highest BCUT2D eigenvalue weighted by Crippen LogP contribution is 2.28. The first-order valence-corrected chi connectivity index (χ1v) is 6.30. The fourth-order valence-corrected chi connectivity index (χ4v) is 2.48.